The minimum absolute atomic E-state index is 0.0636. The van der Waals surface area contributed by atoms with Gasteiger partial charge in [0.1, 0.15) is 5.69 Å². The van der Waals surface area contributed by atoms with E-state index in [-0.39, 0.29) is 5.69 Å². The number of aromatic nitrogens is 2. The number of para-hydroxylation sites is 1. The van der Waals surface area contributed by atoms with Gasteiger partial charge in [-0.1, -0.05) is 18.2 Å². The molecular weight excluding hydrogens is 386 g/mol. The van der Waals surface area contributed by atoms with Gasteiger partial charge in [0.25, 0.3) is 5.56 Å². The molecule has 2 rings (SSSR count). The molecule has 0 saturated carbocycles. The smallest absolute Gasteiger partial charge is 0.295 e. The fraction of sp³-hybridized carbons (Fsp3) is 0.333. The van der Waals surface area contributed by atoms with E-state index in [4.69, 9.17) is 0 Å². The molecule has 2 aromatic rings. The van der Waals surface area contributed by atoms with Crippen molar-refractivity contribution >= 4 is 35.3 Å². The molecule has 0 unspecified atom stereocenters. The molecule has 1 aromatic heterocycles. The first-order chi connectivity index (χ1) is 13.1. The first-order valence-electron chi connectivity index (χ1n) is 8.34. The lowest BCUT2D eigenvalue weighted by atomic mass is 10.3. The summed E-state index contributed by atoms with van der Waals surface area (Å²) in [6.07, 6.45) is -0.782. The minimum atomic E-state index is -1.60. The predicted molar refractivity (Wildman–Crippen MR) is 99.8 cm³/mol. The highest BCUT2D eigenvalue weighted by molar-refractivity contribution is 8.01. The normalized spacial score (nSPS) is 13.0. The van der Waals surface area contributed by atoms with Gasteiger partial charge >= 0.3 is 0 Å². The number of carboxylic acids is 2. The zero-order valence-electron chi connectivity index (χ0n) is 15.5. The number of nitrogens with one attached hydrogen (secondary N) is 1. The first kappa shape index (κ1) is 21.3. The zero-order chi connectivity index (χ0) is 21.0. The highest BCUT2D eigenvalue weighted by atomic mass is 32.2. The molecule has 0 aliphatic heterocycles. The number of thioether (sulfide) groups is 1. The Labute approximate surface area is 164 Å². The number of nitrogens with zero attached hydrogens (tertiary/aromatic N) is 2. The molecular formula is C18H19N3O6S-2. The van der Waals surface area contributed by atoms with E-state index in [2.05, 4.69) is 5.32 Å². The Balaban J connectivity index is 2.23. The maximum absolute atomic E-state index is 12.8. The third kappa shape index (κ3) is 4.63. The van der Waals surface area contributed by atoms with Crippen LogP contribution >= 0.6 is 11.8 Å². The van der Waals surface area contributed by atoms with Crippen LogP contribution in [0.15, 0.2) is 35.1 Å². The van der Waals surface area contributed by atoms with Gasteiger partial charge in [-0.15, -0.1) is 11.8 Å². The lowest BCUT2D eigenvalue weighted by Gasteiger charge is -2.21. The van der Waals surface area contributed by atoms with Crippen LogP contribution in [0.5, 0.6) is 0 Å². The number of hydrogen-bond donors (Lipinski definition) is 1. The molecule has 150 valence electrons. The summed E-state index contributed by atoms with van der Waals surface area (Å²) in [5, 5.41) is 21.8. The second-order valence-corrected chi connectivity index (χ2v) is 7.64. The van der Waals surface area contributed by atoms with Crippen LogP contribution in [-0.4, -0.2) is 37.7 Å². The van der Waals surface area contributed by atoms with Crippen molar-refractivity contribution in [2.45, 2.75) is 30.8 Å². The molecule has 9 nitrogen and oxygen atoms in total. The van der Waals surface area contributed by atoms with Gasteiger partial charge in [-0.2, -0.15) is 0 Å². The van der Waals surface area contributed by atoms with Crippen LogP contribution in [0.25, 0.3) is 5.69 Å². The first-order valence-corrected chi connectivity index (χ1v) is 9.28. The average molecular weight is 405 g/mol. The monoisotopic (exact) mass is 405 g/mol. The van der Waals surface area contributed by atoms with Crippen LogP contribution in [0.1, 0.15) is 19.0 Å². The summed E-state index contributed by atoms with van der Waals surface area (Å²) in [5.41, 5.74) is 0.745. The zero-order valence-corrected chi connectivity index (χ0v) is 16.3. The van der Waals surface area contributed by atoms with Crippen LogP contribution in [0.2, 0.25) is 0 Å². The molecule has 0 spiro atoms. The van der Waals surface area contributed by atoms with Crippen molar-refractivity contribution < 1.29 is 24.6 Å². The van der Waals surface area contributed by atoms with Gasteiger partial charge in [0.15, 0.2) is 0 Å². The van der Waals surface area contributed by atoms with E-state index < -0.39 is 40.3 Å². The summed E-state index contributed by atoms with van der Waals surface area (Å²) in [6.45, 7) is 3.08. The summed E-state index contributed by atoms with van der Waals surface area (Å²) >= 11 is 0.617. The molecule has 28 heavy (non-hydrogen) atoms. The quantitative estimate of drug-likeness (QED) is 0.583. The number of anilines is 1. The lowest BCUT2D eigenvalue weighted by Crippen LogP contribution is -2.40. The Morgan fingerprint density at radius 2 is 1.79 bits per heavy atom. The van der Waals surface area contributed by atoms with Gasteiger partial charge < -0.3 is 25.1 Å². The van der Waals surface area contributed by atoms with Crippen molar-refractivity contribution in [2.24, 2.45) is 7.05 Å². The fourth-order valence-corrected chi connectivity index (χ4v) is 3.60. The fourth-order valence-electron chi connectivity index (χ4n) is 2.58. The van der Waals surface area contributed by atoms with E-state index in [1.165, 1.54) is 11.6 Å². The van der Waals surface area contributed by atoms with Crippen LogP contribution in [-0.2, 0) is 21.4 Å². The molecule has 0 radical (unpaired) electrons. The molecule has 0 fully saturated rings. The molecule has 0 aliphatic rings. The topological polar surface area (TPSA) is 136 Å². The van der Waals surface area contributed by atoms with E-state index in [1.807, 2.05) is 6.07 Å². The Morgan fingerprint density at radius 1 is 1.18 bits per heavy atom. The van der Waals surface area contributed by atoms with Crippen LogP contribution in [0, 0.1) is 6.92 Å². The summed E-state index contributed by atoms with van der Waals surface area (Å²) in [4.78, 5) is 46.9. The third-order valence-electron chi connectivity index (χ3n) is 4.15. The van der Waals surface area contributed by atoms with E-state index >= 15 is 0 Å². The van der Waals surface area contributed by atoms with Gasteiger partial charge in [0, 0.05) is 19.4 Å². The molecule has 0 bridgehead atoms. The van der Waals surface area contributed by atoms with Crippen molar-refractivity contribution in [1.82, 2.24) is 9.36 Å². The van der Waals surface area contributed by atoms with Gasteiger partial charge in [-0.05, 0) is 26.0 Å². The van der Waals surface area contributed by atoms with Crippen LogP contribution < -0.4 is 21.1 Å². The summed E-state index contributed by atoms with van der Waals surface area (Å²) in [5.74, 6) is -3.78. The van der Waals surface area contributed by atoms with Gasteiger partial charge in [-0.25, -0.2) is 4.68 Å². The highest BCUT2D eigenvalue weighted by Crippen LogP contribution is 2.22. The standard InChI is InChI=1S/C18H21N3O6S/c1-10-15(17(25)21(20(10)3)12-7-5-4-6-8-12)19-16(24)11(2)28-13(18(26)27)9-14(22)23/h4-8,11,13H,9H2,1-3H3,(H,19,24)(H,22,23)(H,26,27)/p-2/t11-,13+/m1/s1. The number of amides is 1. The molecule has 1 aromatic carbocycles. The van der Waals surface area contributed by atoms with E-state index in [0.717, 1.165) is 0 Å². The SMILES string of the molecule is Cc1c(NC(=O)[C@@H](C)S[C@@H](CC(=O)[O-])C(=O)[O-])c(=O)n(-c2ccccc2)n1C. The number of aliphatic carboxylic acids is 2. The Hall–Kier alpha value is -3.01. The summed E-state index contributed by atoms with van der Waals surface area (Å²) in [7, 11) is 1.67. The Bertz CT molecular complexity index is 950. The molecule has 0 saturated heterocycles. The van der Waals surface area contributed by atoms with Crippen molar-refractivity contribution in [3.05, 3.63) is 46.4 Å². The number of rotatable bonds is 8. The van der Waals surface area contributed by atoms with Crippen molar-refractivity contribution in [3.63, 3.8) is 0 Å². The van der Waals surface area contributed by atoms with E-state index in [0.29, 0.717) is 23.1 Å². The molecule has 1 amide bonds. The third-order valence-corrected chi connectivity index (χ3v) is 5.46. The second-order valence-electron chi connectivity index (χ2n) is 6.09. The van der Waals surface area contributed by atoms with E-state index in [1.54, 1.807) is 42.9 Å². The summed E-state index contributed by atoms with van der Waals surface area (Å²) < 4.78 is 2.98. The number of hydrogen-bond acceptors (Lipinski definition) is 7. The minimum Gasteiger partial charge on any atom is -0.550 e. The molecule has 2 atom stereocenters. The maximum Gasteiger partial charge on any atom is 0.295 e. The maximum atomic E-state index is 12.8. The second kappa shape index (κ2) is 8.79. The van der Waals surface area contributed by atoms with Gasteiger partial charge in [-0.3, -0.25) is 14.3 Å². The number of carbonyl (C=O) groups excluding carboxylic acids is 3. The summed E-state index contributed by atoms with van der Waals surface area (Å²) in [6, 6.07) is 8.85. The number of benzene rings is 1. The van der Waals surface area contributed by atoms with E-state index in [9.17, 15) is 29.4 Å². The largest absolute Gasteiger partial charge is 0.550 e. The van der Waals surface area contributed by atoms with Gasteiger partial charge in [0.05, 0.1) is 27.9 Å². The Kier molecular flexibility index (Phi) is 6.68. The molecule has 0 aliphatic carbocycles. The Morgan fingerprint density at radius 3 is 2.32 bits per heavy atom. The molecule has 10 heteroatoms. The average Bonchev–Trinajstić information content (AvgIpc) is 2.84. The van der Waals surface area contributed by atoms with Crippen molar-refractivity contribution in [2.75, 3.05) is 5.32 Å². The predicted octanol–water partition coefficient (Wildman–Crippen LogP) is -1.20. The van der Waals surface area contributed by atoms with Crippen LogP contribution in [0.4, 0.5) is 5.69 Å². The van der Waals surface area contributed by atoms with Crippen LogP contribution in [0.3, 0.4) is 0 Å². The molecule has 1 N–H and O–H groups in total. The number of carboxylic acid groups (broad SMARTS) is 2. The highest BCUT2D eigenvalue weighted by Gasteiger charge is 2.24. The van der Waals surface area contributed by atoms with Crippen molar-refractivity contribution in [3.8, 4) is 5.69 Å². The molecule has 1 heterocycles. The number of carbonyl (C=O) groups is 3. The lowest BCUT2D eigenvalue weighted by molar-refractivity contribution is -0.314. The van der Waals surface area contributed by atoms with Crippen molar-refractivity contribution in [1.29, 1.82) is 0 Å². The van der Waals surface area contributed by atoms with Gasteiger partial charge in [0.2, 0.25) is 5.91 Å².